The van der Waals surface area contributed by atoms with Gasteiger partial charge in [-0.1, -0.05) is 62.6 Å². The first kappa shape index (κ1) is 15.3. The number of ether oxygens (including phenoxy) is 1. The van der Waals surface area contributed by atoms with Crippen LogP contribution in [0.15, 0.2) is 48.5 Å². The van der Waals surface area contributed by atoms with Gasteiger partial charge in [0.2, 0.25) is 6.29 Å². The van der Waals surface area contributed by atoms with Crippen molar-refractivity contribution in [1.82, 2.24) is 0 Å². The van der Waals surface area contributed by atoms with E-state index in [0.29, 0.717) is 5.56 Å². The zero-order valence-corrected chi connectivity index (χ0v) is 12.5. The number of benzene rings is 2. The minimum Gasteiger partial charge on any atom is -0.494 e. The maximum atomic E-state index is 10.5. The molecule has 2 aromatic rings. The SMILES string of the molecule is CCCCCCOc1ccc(-c2ccc([C]=O)cc2)cc1. The lowest BCUT2D eigenvalue weighted by Gasteiger charge is -2.07. The first-order valence-corrected chi connectivity index (χ1v) is 7.55. The normalized spacial score (nSPS) is 10.3. The lowest BCUT2D eigenvalue weighted by Crippen LogP contribution is -1.96. The third-order valence-electron chi connectivity index (χ3n) is 3.46. The van der Waals surface area contributed by atoms with Gasteiger partial charge in [-0.15, -0.1) is 0 Å². The number of hydrogen-bond donors (Lipinski definition) is 0. The third kappa shape index (κ3) is 4.75. The Bertz CT molecular complexity index is 541. The zero-order chi connectivity index (χ0) is 14.9. The van der Waals surface area contributed by atoms with E-state index in [1.54, 1.807) is 12.1 Å². The molecule has 0 unspecified atom stereocenters. The molecule has 1 radical (unpaired) electrons. The molecule has 0 saturated heterocycles. The molecule has 0 atom stereocenters. The number of unbranched alkanes of at least 4 members (excludes halogenated alkanes) is 3. The van der Waals surface area contributed by atoms with Crippen LogP contribution in [-0.2, 0) is 4.79 Å². The molecule has 2 heteroatoms. The molecule has 0 spiro atoms. The monoisotopic (exact) mass is 281 g/mol. The molecule has 0 saturated carbocycles. The van der Waals surface area contributed by atoms with Crippen molar-refractivity contribution in [3.05, 3.63) is 54.1 Å². The maximum Gasteiger partial charge on any atom is 0.233 e. The van der Waals surface area contributed by atoms with E-state index in [4.69, 9.17) is 4.74 Å². The van der Waals surface area contributed by atoms with Gasteiger partial charge in [0.1, 0.15) is 5.75 Å². The van der Waals surface area contributed by atoms with Crippen LogP contribution < -0.4 is 4.74 Å². The van der Waals surface area contributed by atoms with Crippen LogP contribution in [0.25, 0.3) is 11.1 Å². The van der Waals surface area contributed by atoms with Gasteiger partial charge in [-0.3, -0.25) is 4.79 Å². The summed E-state index contributed by atoms with van der Waals surface area (Å²) >= 11 is 0. The molecule has 2 rings (SSSR count). The van der Waals surface area contributed by atoms with Crippen LogP contribution >= 0.6 is 0 Å². The summed E-state index contributed by atoms with van der Waals surface area (Å²) in [7, 11) is 0. The van der Waals surface area contributed by atoms with E-state index in [2.05, 4.69) is 6.92 Å². The minimum atomic E-state index is 0.575. The predicted octanol–water partition coefficient (Wildman–Crippen LogP) is 4.77. The van der Waals surface area contributed by atoms with E-state index >= 15 is 0 Å². The number of carbonyl (C=O) groups excluding carboxylic acids is 1. The summed E-state index contributed by atoms with van der Waals surface area (Å²) in [5.74, 6) is 0.910. The smallest absolute Gasteiger partial charge is 0.233 e. The third-order valence-corrected chi connectivity index (χ3v) is 3.46. The Morgan fingerprint density at radius 1 is 0.857 bits per heavy atom. The van der Waals surface area contributed by atoms with Gasteiger partial charge in [0, 0.05) is 5.56 Å². The molecule has 0 aliphatic heterocycles. The number of hydrogen-bond acceptors (Lipinski definition) is 2. The van der Waals surface area contributed by atoms with E-state index in [1.807, 2.05) is 42.7 Å². The lowest BCUT2D eigenvalue weighted by molar-refractivity contribution is 0.305. The molecule has 0 aliphatic carbocycles. The van der Waals surface area contributed by atoms with Crippen molar-refractivity contribution in [3.8, 4) is 16.9 Å². The molecule has 0 aliphatic rings. The van der Waals surface area contributed by atoms with Gasteiger partial charge in [0.05, 0.1) is 6.61 Å². The Balaban J connectivity index is 1.90. The Morgan fingerprint density at radius 2 is 1.48 bits per heavy atom. The molecule has 2 aromatic carbocycles. The summed E-state index contributed by atoms with van der Waals surface area (Å²) in [5.41, 5.74) is 2.78. The minimum absolute atomic E-state index is 0.575. The van der Waals surface area contributed by atoms with Gasteiger partial charge < -0.3 is 4.74 Å². The second kappa shape index (κ2) is 8.25. The second-order valence-corrected chi connectivity index (χ2v) is 5.11. The molecule has 0 aromatic heterocycles. The topological polar surface area (TPSA) is 26.3 Å². The average Bonchev–Trinajstić information content (AvgIpc) is 2.55. The standard InChI is InChI=1S/C19H21O2/c1-2-3-4-5-14-21-19-12-10-18(11-13-19)17-8-6-16(15-20)7-9-17/h6-13H,2-5,14H2,1H3. The van der Waals surface area contributed by atoms with Crippen molar-refractivity contribution in [2.45, 2.75) is 32.6 Å². The molecule has 2 nitrogen and oxygen atoms in total. The first-order valence-electron chi connectivity index (χ1n) is 7.55. The van der Waals surface area contributed by atoms with Gasteiger partial charge in [-0.05, 0) is 29.7 Å². The Kier molecular flexibility index (Phi) is 6.01. The molecule has 21 heavy (non-hydrogen) atoms. The summed E-state index contributed by atoms with van der Waals surface area (Å²) in [6.07, 6.45) is 6.74. The van der Waals surface area contributed by atoms with Crippen molar-refractivity contribution < 1.29 is 9.53 Å². The Hall–Kier alpha value is -2.09. The average molecular weight is 281 g/mol. The molecule has 0 fully saturated rings. The molecular formula is C19H21O2. The van der Waals surface area contributed by atoms with Crippen LogP contribution in [0.4, 0.5) is 0 Å². The van der Waals surface area contributed by atoms with Crippen LogP contribution in [0.3, 0.4) is 0 Å². The zero-order valence-electron chi connectivity index (χ0n) is 12.5. The van der Waals surface area contributed by atoms with Gasteiger partial charge in [-0.25, -0.2) is 0 Å². The highest BCUT2D eigenvalue weighted by Crippen LogP contribution is 2.22. The van der Waals surface area contributed by atoms with E-state index in [0.717, 1.165) is 29.9 Å². The fourth-order valence-electron chi connectivity index (χ4n) is 2.19. The predicted molar refractivity (Wildman–Crippen MR) is 86.3 cm³/mol. The summed E-state index contributed by atoms with van der Waals surface area (Å²) < 4.78 is 5.73. The molecule has 0 N–H and O–H groups in total. The molecule has 0 bridgehead atoms. The fourth-order valence-corrected chi connectivity index (χ4v) is 2.19. The molecule has 109 valence electrons. The number of rotatable bonds is 8. The van der Waals surface area contributed by atoms with E-state index in [9.17, 15) is 4.79 Å². The van der Waals surface area contributed by atoms with E-state index in [-0.39, 0.29) is 0 Å². The van der Waals surface area contributed by atoms with Crippen molar-refractivity contribution in [2.75, 3.05) is 6.61 Å². The van der Waals surface area contributed by atoms with Crippen molar-refractivity contribution >= 4 is 6.29 Å². The quantitative estimate of drug-likeness (QED) is 0.651. The maximum absolute atomic E-state index is 10.5. The van der Waals surface area contributed by atoms with E-state index in [1.165, 1.54) is 19.3 Å². The van der Waals surface area contributed by atoms with Crippen molar-refractivity contribution in [1.29, 1.82) is 0 Å². The van der Waals surface area contributed by atoms with Gasteiger partial charge in [0.15, 0.2) is 0 Å². The van der Waals surface area contributed by atoms with Crippen molar-refractivity contribution in [3.63, 3.8) is 0 Å². The highest BCUT2D eigenvalue weighted by Gasteiger charge is 2.00. The van der Waals surface area contributed by atoms with Gasteiger partial charge >= 0.3 is 0 Å². The highest BCUT2D eigenvalue weighted by molar-refractivity contribution is 5.77. The van der Waals surface area contributed by atoms with Crippen LogP contribution in [0.1, 0.15) is 38.2 Å². The molecule has 0 amide bonds. The van der Waals surface area contributed by atoms with Crippen molar-refractivity contribution in [2.24, 2.45) is 0 Å². The van der Waals surface area contributed by atoms with Gasteiger partial charge in [-0.2, -0.15) is 0 Å². The summed E-state index contributed by atoms with van der Waals surface area (Å²) in [4.78, 5) is 10.5. The Labute approximate surface area is 126 Å². The van der Waals surface area contributed by atoms with E-state index < -0.39 is 0 Å². The lowest BCUT2D eigenvalue weighted by atomic mass is 10.0. The fraction of sp³-hybridized carbons (Fsp3) is 0.316. The molecular weight excluding hydrogens is 260 g/mol. The van der Waals surface area contributed by atoms with Crippen LogP contribution in [-0.4, -0.2) is 12.9 Å². The summed E-state index contributed by atoms with van der Waals surface area (Å²) in [6, 6.07) is 15.5. The second-order valence-electron chi connectivity index (χ2n) is 5.11. The van der Waals surface area contributed by atoms with Crippen LogP contribution in [0.2, 0.25) is 0 Å². The van der Waals surface area contributed by atoms with Crippen LogP contribution in [0.5, 0.6) is 5.75 Å². The summed E-state index contributed by atoms with van der Waals surface area (Å²) in [6.45, 7) is 2.99. The Morgan fingerprint density at radius 3 is 2.05 bits per heavy atom. The first-order chi connectivity index (χ1) is 10.3. The largest absolute Gasteiger partial charge is 0.494 e. The highest BCUT2D eigenvalue weighted by atomic mass is 16.5. The van der Waals surface area contributed by atoms with Crippen LogP contribution in [0, 0.1) is 0 Å². The summed E-state index contributed by atoms with van der Waals surface area (Å²) in [5, 5.41) is 0. The molecule has 0 heterocycles. The van der Waals surface area contributed by atoms with Gasteiger partial charge in [0.25, 0.3) is 0 Å².